The standard InChI is InChI=1S/C14H22/c1-2-6-10-13(9-5-1)14-11-7-3-4-8-12-14/h1,3,5,7,13-14H,2,4,6,8-12H2. The number of rotatable bonds is 1. The minimum absolute atomic E-state index is 0.983. The third kappa shape index (κ3) is 2.73. The minimum atomic E-state index is 0.983. The van der Waals surface area contributed by atoms with Crippen molar-refractivity contribution in [1.82, 2.24) is 0 Å². The first-order chi connectivity index (χ1) is 6.97. The first-order valence-corrected chi connectivity index (χ1v) is 6.27. The van der Waals surface area contributed by atoms with Gasteiger partial charge in [-0.15, -0.1) is 0 Å². The van der Waals surface area contributed by atoms with Crippen LogP contribution in [0.4, 0.5) is 0 Å². The molecule has 0 radical (unpaired) electrons. The fourth-order valence-electron chi connectivity index (χ4n) is 2.87. The van der Waals surface area contributed by atoms with Gasteiger partial charge in [0.15, 0.2) is 0 Å². The van der Waals surface area contributed by atoms with E-state index < -0.39 is 0 Å². The molecular formula is C14H22. The van der Waals surface area contributed by atoms with Crippen molar-refractivity contribution in [3.63, 3.8) is 0 Å². The van der Waals surface area contributed by atoms with E-state index in [1.807, 2.05) is 0 Å². The van der Waals surface area contributed by atoms with Crippen LogP contribution in [0.25, 0.3) is 0 Å². The smallest absolute Gasteiger partial charge is 0.0319 e. The van der Waals surface area contributed by atoms with E-state index in [-0.39, 0.29) is 0 Å². The molecule has 0 aliphatic heterocycles. The average molecular weight is 190 g/mol. The van der Waals surface area contributed by atoms with Crippen LogP contribution in [-0.4, -0.2) is 0 Å². The first-order valence-electron chi connectivity index (χ1n) is 6.27. The van der Waals surface area contributed by atoms with Crippen molar-refractivity contribution in [3.8, 4) is 0 Å². The molecule has 0 aromatic heterocycles. The van der Waals surface area contributed by atoms with Gasteiger partial charge in [-0.1, -0.05) is 24.3 Å². The van der Waals surface area contributed by atoms with E-state index >= 15 is 0 Å². The Hall–Kier alpha value is -0.520. The van der Waals surface area contributed by atoms with Crippen LogP contribution >= 0.6 is 0 Å². The molecular weight excluding hydrogens is 168 g/mol. The topological polar surface area (TPSA) is 0 Å². The lowest BCUT2D eigenvalue weighted by Gasteiger charge is -2.23. The predicted octanol–water partition coefficient (Wildman–Crippen LogP) is 4.48. The molecule has 0 amide bonds. The third-order valence-corrected chi connectivity index (χ3v) is 3.77. The quantitative estimate of drug-likeness (QED) is 0.535. The summed E-state index contributed by atoms with van der Waals surface area (Å²) >= 11 is 0. The fraction of sp³-hybridized carbons (Fsp3) is 0.714. The van der Waals surface area contributed by atoms with Crippen LogP contribution in [0.3, 0.4) is 0 Å². The van der Waals surface area contributed by atoms with Gasteiger partial charge in [-0.25, -0.2) is 0 Å². The van der Waals surface area contributed by atoms with Crippen molar-refractivity contribution in [3.05, 3.63) is 24.3 Å². The average Bonchev–Trinajstić information content (AvgIpc) is 2.62. The highest BCUT2D eigenvalue weighted by molar-refractivity contribution is 4.94. The Morgan fingerprint density at radius 3 is 1.64 bits per heavy atom. The van der Waals surface area contributed by atoms with Crippen LogP contribution in [0.1, 0.15) is 51.4 Å². The van der Waals surface area contributed by atoms with E-state index in [9.17, 15) is 0 Å². The molecule has 0 nitrogen and oxygen atoms in total. The van der Waals surface area contributed by atoms with Gasteiger partial charge in [0.25, 0.3) is 0 Å². The Bertz CT molecular complexity index is 188. The fourth-order valence-corrected chi connectivity index (χ4v) is 2.87. The molecule has 0 saturated carbocycles. The maximum Gasteiger partial charge on any atom is -0.0319 e. The highest BCUT2D eigenvalue weighted by atomic mass is 14.3. The van der Waals surface area contributed by atoms with Crippen molar-refractivity contribution < 1.29 is 0 Å². The molecule has 0 aromatic rings. The summed E-state index contributed by atoms with van der Waals surface area (Å²) in [6.45, 7) is 0. The lowest BCUT2D eigenvalue weighted by atomic mass is 9.82. The molecule has 0 fully saturated rings. The summed E-state index contributed by atoms with van der Waals surface area (Å²) in [5, 5.41) is 0. The summed E-state index contributed by atoms with van der Waals surface area (Å²) < 4.78 is 0. The molecule has 0 saturated heterocycles. The van der Waals surface area contributed by atoms with Crippen molar-refractivity contribution in [2.24, 2.45) is 11.8 Å². The minimum Gasteiger partial charge on any atom is -0.0885 e. The normalized spacial score (nSPS) is 33.7. The predicted molar refractivity (Wildman–Crippen MR) is 62.2 cm³/mol. The lowest BCUT2D eigenvalue weighted by molar-refractivity contribution is 0.296. The molecule has 14 heavy (non-hydrogen) atoms. The van der Waals surface area contributed by atoms with Gasteiger partial charge >= 0.3 is 0 Å². The Morgan fingerprint density at radius 2 is 1.14 bits per heavy atom. The summed E-state index contributed by atoms with van der Waals surface area (Å²) in [5.41, 5.74) is 0. The van der Waals surface area contributed by atoms with Crippen LogP contribution in [0, 0.1) is 11.8 Å². The zero-order valence-corrected chi connectivity index (χ0v) is 9.12. The van der Waals surface area contributed by atoms with E-state index in [0.29, 0.717) is 0 Å². The first kappa shape index (κ1) is 10.0. The van der Waals surface area contributed by atoms with Gasteiger partial charge in [0.1, 0.15) is 0 Å². The van der Waals surface area contributed by atoms with E-state index in [1.165, 1.54) is 51.4 Å². The second kappa shape index (κ2) is 5.38. The van der Waals surface area contributed by atoms with E-state index in [2.05, 4.69) is 24.3 Å². The summed E-state index contributed by atoms with van der Waals surface area (Å²) in [7, 11) is 0. The molecule has 0 bridgehead atoms. The second-order valence-corrected chi connectivity index (χ2v) is 4.80. The summed E-state index contributed by atoms with van der Waals surface area (Å²) in [5.74, 6) is 1.97. The van der Waals surface area contributed by atoms with Gasteiger partial charge in [0.2, 0.25) is 0 Å². The van der Waals surface area contributed by atoms with Crippen molar-refractivity contribution in [1.29, 1.82) is 0 Å². The van der Waals surface area contributed by atoms with Crippen LogP contribution in [0.2, 0.25) is 0 Å². The zero-order chi connectivity index (χ0) is 9.64. The molecule has 78 valence electrons. The summed E-state index contributed by atoms with van der Waals surface area (Å²) in [4.78, 5) is 0. The number of allylic oxidation sites excluding steroid dienone is 4. The highest BCUT2D eigenvalue weighted by Crippen LogP contribution is 2.33. The Labute approximate surface area is 88.1 Å². The van der Waals surface area contributed by atoms with Crippen LogP contribution in [0.5, 0.6) is 0 Å². The lowest BCUT2D eigenvalue weighted by Crippen LogP contribution is -2.13. The Balaban J connectivity index is 1.91. The SMILES string of the molecule is C1=CCC(C2CC=CCCC2)CCC1. The third-order valence-electron chi connectivity index (χ3n) is 3.77. The Kier molecular flexibility index (Phi) is 3.85. The number of hydrogen-bond acceptors (Lipinski definition) is 0. The van der Waals surface area contributed by atoms with E-state index in [4.69, 9.17) is 0 Å². The monoisotopic (exact) mass is 190 g/mol. The summed E-state index contributed by atoms with van der Waals surface area (Å²) in [6, 6.07) is 0. The maximum atomic E-state index is 2.42. The van der Waals surface area contributed by atoms with Crippen LogP contribution in [0.15, 0.2) is 24.3 Å². The molecule has 2 aliphatic carbocycles. The second-order valence-electron chi connectivity index (χ2n) is 4.80. The molecule has 0 heterocycles. The molecule has 0 N–H and O–H groups in total. The molecule has 2 atom stereocenters. The molecule has 0 spiro atoms. The van der Waals surface area contributed by atoms with Gasteiger partial charge in [0.05, 0.1) is 0 Å². The highest BCUT2D eigenvalue weighted by Gasteiger charge is 2.20. The zero-order valence-electron chi connectivity index (χ0n) is 9.12. The van der Waals surface area contributed by atoms with Gasteiger partial charge in [-0.2, -0.15) is 0 Å². The van der Waals surface area contributed by atoms with Gasteiger partial charge in [-0.3, -0.25) is 0 Å². The maximum absolute atomic E-state index is 2.42. The van der Waals surface area contributed by atoms with Gasteiger partial charge in [0, 0.05) is 0 Å². The molecule has 2 rings (SSSR count). The molecule has 2 unspecified atom stereocenters. The van der Waals surface area contributed by atoms with Crippen LogP contribution < -0.4 is 0 Å². The van der Waals surface area contributed by atoms with Gasteiger partial charge < -0.3 is 0 Å². The summed E-state index contributed by atoms with van der Waals surface area (Å²) in [6.07, 6.45) is 20.7. The van der Waals surface area contributed by atoms with E-state index in [1.54, 1.807) is 0 Å². The Morgan fingerprint density at radius 1 is 0.643 bits per heavy atom. The van der Waals surface area contributed by atoms with Crippen molar-refractivity contribution in [2.45, 2.75) is 51.4 Å². The van der Waals surface area contributed by atoms with E-state index in [0.717, 1.165) is 11.8 Å². The molecule has 2 aliphatic rings. The van der Waals surface area contributed by atoms with Gasteiger partial charge in [-0.05, 0) is 63.2 Å². The molecule has 0 heteroatoms. The largest absolute Gasteiger partial charge is 0.0885 e. The van der Waals surface area contributed by atoms with Crippen molar-refractivity contribution >= 4 is 0 Å². The number of hydrogen-bond donors (Lipinski definition) is 0. The van der Waals surface area contributed by atoms with Crippen molar-refractivity contribution in [2.75, 3.05) is 0 Å². The molecule has 0 aromatic carbocycles. The van der Waals surface area contributed by atoms with Crippen LogP contribution in [-0.2, 0) is 0 Å².